The van der Waals surface area contributed by atoms with Gasteiger partial charge in [0.15, 0.2) is 5.78 Å². The number of aliphatic hydroxyl groups excluding tert-OH is 3. The molecule has 1 saturated carbocycles. The van der Waals surface area contributed by atoms with Crippen LogP contribution in [0.2, 0.25) is 0 Å². The number of aliphatic hydroxyl groups is 4. The first kappa shape index (κ1) is 62.1. The first-order valence-corrected chi connectivity index (χ1v) is 26.8. The summed E-state index contributed by atoms with van der Waals surface area (Å²) in [5.41, 5.74) is 1.20. The molecule has 414 valence electrons. The Morgan fingerprint density at radius 1 is 0.822 bits per heavy atom. The number of hydrogen-bond acceptors (Lipinski definition) is 16. The lowest BCUT2D eigenvalue weighted by Gasteiger charge is -2.43. The van der Waals surface area contributed by atoms with Crippen molar-refractivity contribution in [2.24, 2.45) is 35.5 Å². The van der Waals surface area contributed by atoms with Crippen LogP contribution in [0.15, 0.2) is 47.6 Å². The average Bonchev–Trinajstić information content (AvgIpc) is 3.37. The van der Waals surface area contributed by atoms with E-state index in [0.29, 0.717) is 76.6 Å². The first-order chi connectivity index (χ1) is 34.7. The van der Waals surface area contributed by atoms with Crippen molar-refractivity contribution in [2.45, 2.75) is 180 Å². The maximum absolute atomic E-state index is 14.5. The number of esters is 1. The number of fused-ring (bicyclic) bond motifs is 3. The Balaban J connectivity index is 1.69. The summed E-state index contributed by atoms with van der Waals surface area (Å²) < 4.78 is 41.0. The Bertz CT molecular complexity index is 1900. The average molecular weight is 1030 g/mol. The number of carbonyl (C=O) groups excluding carboxylic acids is 5. The number of allylic oxidation sites excluding steroid dienone is 6. The summed E-state index contributed by atoms with van der Waals surface area (Å²) >= 11 is 0. The van der Waals surface area contributed by atoms with Crippen LogP contribution in [0.5, 0.6) is 0 Å². The number of cyclic esters (lactones) is 1. The lowest BCUT2D eigenvalue weighted by molar-refractivity contribution is -0.266. The topological polar surface area (TPSA) is 234 Å². The lowest BCUT2D eigenvalue weighted by atomic mass is 9.78. The minimum atomic E-state index is -2.49. The van der Waals surface area contributed by atoms with Crippen molar-refractivity contribution in [3.63, 3.8) is 0 Å². The van der Waals surface area contributed by atoms with Crippen molar-refractivity contribution >= 4 is 29.2 Å². The van der Waals surface area contributed by atoms with Crippen LogP contribution in [0.3, 0.4) is 0 Å². The van der Waals surface area contributed by atoms with Crippen LogP contribution in [-0.4, -0.2) is 170 Å². The number of hydrogen-bond donors (Lipinski definition) is 4. The fourth-order valence-electron chi connectivity index (χ4n) is 10.7. The third-order valence-corrected chi connectivity index (χ3v) is 15.3. The molecule has 1 unspecified atom stereocenters. The second-order valence-electron chi connectivity index (χ2n) is 21.2. The number of amides is 1. The Morgan fingerprint density at radius 3 is 2.23 bits per heavy atom. The van der Waals surface area contributed by atoms with Gasteiger partial charge in [-0.1, -0.05) is 71.1 Å². The molecule has 17 nitrogen and oxygen atoms in total. The van der Waals surface area contributed by atoms with Gasteiger partial charge in [0.1, 0.15) is 30.1 Å². The molecule has 2 saturated heterocycles. The Labute approximate surface area is 434 Å². The van der Waals surface area contributed by atoms with Crippen LogP contribution >= 0.6 is 0 Å². The van der Waals surface area contributed by atoms with Crippen molar-refractivity contribution in [1.82, 2.24) is 4.90 Å². The number of rotatable bonds is 14. The zero-order valence-electron chi connectivity index (χ0n) is 45.1. The fourth-order valence-corrected chi connectivity index (χ4v) is 10.7. The standard InChI is InChI=1S/C56H89NO16/c1-35-15-11-10-12-16-36(2)47(71-28-27-70-26-25-69-24-23-58)33-43-20-18-41(7)56(66,73-43)53(63)54(64)57-22-14-13-17-44(57)55(65)72-48(38(4)31-42-19-21-45(59)49(32-42)67-8)34-46(60)37(3)30-40(6)51(62)52(68-9)50(61)39(5)29-35/h10-12,15-16,30,35,37-39,41-45,47-49,51-52,58-59,62,66H,13-14,17-29,31-34H2,1-9H3/b12-10+,15-11+,36-16+,40-30+/t35-,37-,38-,39-,41-,42+,43+,44?,45-,47+,48+,49-,51-,52+,56-/m1/s1. The third-order valence-electron chi connectivity index (χ3n) is 15.3. The van der Waals surface area contributed by atoms with E-state index < -0.39 is 83.9 Å². The van der Waals surface area contributed by atoms with E-state index in [1.807, 2.05) is 51.2 Å². The molecule has 0 aromatic heterocycles. The highest BCUT2D eigenvalue weighted by Crippen LogP contribution is 2.38. The van der Waals surface area contributed by atoms with Crippen molar-refractivity contribution in [2.75, 3.05) is 60.4 Å². The Morgan fingerprint density at radius 2 is 1.53 bits per heavy atom. The summed E-state index contributed by atoms with van der Waals surface area (Å²) in [4.78, 5) is 72.5. The SMILES string of the molecule is CO[C@@H]1C[C@H](C[C@@H](C)[C@@H]2CC(=O)[C@H](C)/C=C(\C)[C@@H](O)[C@@H](OC)C(=O)[C@H](C)C[C@H](C)/C=C/C=C/C=C(\C)[C@@H](OCCOCCOCCO)C[C@@H]3CC[C@@H](C)[C@@](O)(O3)C(=O)C(=O)N3CCCCC3C(=O)O2)CC[C@H]1O. The van der Waals surface area contributed by atoms with Crippen LogP contribution in [0.4, 0.5) is 0 Å². The minimum Gasteiger partial charge on any atom is -0.460 e. The number of Topliss-reactive ketones (excluding diaryl/α,β-unsaturated/α-hetero) is 3. The molecule has 0 spiro atoms. The van der Waals surface area contributed by atoms with Gasteiger partial charge in [-0.15, -0.1) is 0 Å². The highest BCUT2D eigenvalue weighted by Gasteiger charge is 2.53. The van der Waals surface area contributed by atoms with Crippen LogP contribution in [0.25, 0.3) is 0 Å². The largest absolute Gasteiger partial charge is 0.460 e. The molecule has 3 heterocycles. The van der Waals surface area contributed by atoms with E-state index in [1.54, 1.807) is 40.9 Å². The number of nitrogens with zero attached hydrogens (tertiary/aromatic N) is 1. The molecular weight excluding hydrogens is 943 g/mol. The molecule has 1 aliphatic carbocycles. The monoisotopic (exact) mass is 1030 g/mol. The van der Waals surface area contributed by atoms with Gasteiger partial charge in [0.25, 0.3) is 11.7 Å². The van der Waals surface area contributed by atoms with Crippen LogP contribution < -0.4 is 0 Å². The van der Waals surface area contributed by atoms with Crippen molar-refractivity contribution in [3.8, 4) is 0 Å². The molecule has 73 heavy (non-hydrogen) atoms. The van der Waals surface area contributed by atoms with Gasteiger partial charge in [0.2, 0.25) is 5.79 Å². The van der Waals surface area contributed by atoms with Gasteiger partial charge in [-0.2, -0.15) is 0 Å². The molecule has 0 aromatic carbocycles. The molecule has 4 rings (SSSR count). The highest BCUT2D eigenvalue weighted by molar-refractivity contribution is 6.39. The van der Waals surface area contributed by atoms with E-state index in [9.17, 15) is 39.3 Å². The van der Waals surface area contributed by atoms with Crippen LogP contribution in [-0.2, 0) is 57.1 Å². The maximum atomic E-state index is 14.5. The fraction of sp³-hybridized carbons (Fsp3) is 0.768. The molecular formula is C56H89NO16. The number of ether oxygens (including phenoxy) is 7. The Hall–Kier alpha value is -3.49. The highest BCUT2D eigenvalue weighted by atomic mass is 16.6. The quantitative estimate of drug-likeness (QED) is 0.0720. The van der Waals surface area contributed by atoms with E-state index in [0.717, 1.165) is 5.57 Å². The summed E-state index contributed by atoms with van der Waals surface area (Å²) in [6.45, 7) is 13.8. The molecule has 4 aliphatic rings. The summed E-state index contributed by atoms with van der Waals surface area (Å²) in [7, 11) is 2.93. The smallest absolute Gasteiger partial charge is 0.329 e. The van der Waals surface area contributed by atoms with Gasteiger partial charge in [-0.25, -0.2) is 4.79 Å². The second kappa shape index (κ2) is 30.9. The van der Waals surface area contributed by atoms with E-state index in [1.165, 1.54) is 12.0 Å². The van der Waals surface area contributed by atoms with Crippen molar-refractivity contribution < 1.29 is 77.6 Å². The molecule has 1 amide bonds. The van der Waals surface area contributed by atoms with E-state index in [-0.39, 0.29) is 87.7 Å². The first-order valence-electron chi connectivity index (χ1n) is 26.8. The third kappa shape index (κ3) is 18.4. The van der Waals surface area contributed by atoms with Gasteiger partial charge in [0, 0.05) is 51.4 Å². The zero-order chi connectivity index (χ0) is 53.8. The molecule has 3 aliphatic heterocycles. The van der Waals surface area contributed by atoms with Gasteiger partial charge < -0.3 is 58.5 Å². The minimum absolute atomic E-state index is 0.0192. The number of piperidine rings is 1. The predicted molar refractivity (Wildman–Crippen MR) is 273 cm³/mol. The molecule has 3 fully saturated rings. The molecule has 17 heteroatoms. The number of ketones is 3. The Kier molecular flexibility index (Phi) is 26.3. The van der Waals surface area contributed by atoms with Crippen LogP contribution in [0.1, 0.15) is 126 Å². The lowest BCUT2D eigenvalue weighted by Crippen LogP contribution is -2.61. The summed E-state index contributed by atoms with van der Waals surface area (Å²) in [5, 5.41) is 43.1. The molecule has 0 radical (unpaired) electrons. The predicted octanol–water partition coefficient (Wildman–Crippen LogP) is 5.58. The van der Waals surface area contributed by atoms with E-state index >= 15 is 0 Å². The van der Waals surface area contributed by atoms with Crippen LogP contribution in [0, 0.1) is 35.5 Å². The number of carbonyl (C=O) groups is 5. The van der Waals surface area contributed by atoms with Gasteiger partial charge in [-0.3, -0.25) is 19.2 Å². The maximum Gasteiger partial charge on any atom is 0.329 e. The normalized spacial score (nSPS) is 37.3. The van der Waals surface area contributed by atoms with Gasteiger partial charge >= 0.3 is 5.97 Å². The summed E-state index contributed by atoms with van der Waals surface area (Å²) in [6, 6.07) is -1.17. The van der Waals surface area contributed by atoms with Crippen molar-refractivity contribution in [3.05, 3.63) is 47.6 Å². The zero-order valence-corrected chi connectivity index (χ0v) is 45.1. The summed E-state index contributed by atoms with van der Waals surface area (Å²) in [6.07, 6.45) is 10.4. The number of methoxy groups -OCH3 is 2. The van der Waals surface area contributed by atoms with Gasteiger partial charge in [-0.05, 0) is 107 Å². The molecule has 4 N–H and O–H groups in total. The van der Waals surface area contributed by atoms with Crippen molar-refractivity contribution in [1.29, 1.82) is 0 Å². The molecule has 0 aromatic rings. The molecule has 15 atom stereocenters. The summed E-state index contributed by atoms with van der Waals surface area (Å²) in [5.74, 6) is -8.31. The van der Waals surface area contributed by atoms with Gasteiger partial charge in [0.05, 0.1) is 64.1 Å². The second-order valence-corrected chi connectivity index (χ2v) is 21.2. The van der Waals surface area contributed by atoms with E-state index in [2.05, 4.69) is 0 Å². The van der Waals surface area contributed by atoms with E-state index in [4.69, 9.17) is 38.3 Å². The molecule has 2 bridgehead atoms.